The van der Waals surface area contributed by atoms with Crippen LogP contribution in [-0.2, 0) is 27.1 Å². The molecule has 1 amide bonds. The Balaban J connectivity index is 1.70. The van der Waals surface area contributed by atoms with Gasteiger partial charge in [0.1, 0.15) is 11.4 Å². The van der Waals surface area contributed by atoms with E-state index in [2.05, 4.69) is 17.4 Å². The number of carbonyl (C=O) groups is 2. The third-order valence-corrected chi connectivity index (χ3v) is 4.78. The second-order valence-electron chi connectivity index (χ2n) is 8.53. The van der Waals surface area contributed by atoms with Gasteiger partial charge in [0, 0.05) is 13.0 Å². The molecular formula is C23H35NO5. The van der Waals surface area contributed by atoms with E-state index in [1.807, 2.05) is 33.8 Å². The van der Waals surface area contributed by atoms with Crippen LogP contribution in [0.3, 0.4) is 0 Å². The van der Waals surface area contributed by atoms with Crippen molar-refractivity contribution in [1.29, 1.82) is 0 Å². The van der Waals surface area contributed by atoms with Crippen LogP contribution in [0.2, 0.25) is 0 Å². The van der Waals surface area contributed by atoms with Crippen molar-refractivity contribution in [2.45, 2.75) is 71.8 Å². The lowest BCUT2D eigenvalue weighted by Crippen LogP contribution is -2.33. The van der Waals surface area contributed by atoms with E-state index in [1.165, 1.54) is 11.1 Å². The van der Waals surface area contributed by atoms with Crippen LogP contribution in [0.25, 0.3) is 0 Å². The lowest BCUT2D eigenvalue weighted by molar-refractivity contribution is -0.144. The van der Waals surface area contributed by atoms with Crippen molar-refractivity contribution in [3.8, 4) is 5.75 Å². The van der Waals surface area contributed by atoms with E-state index < -0.39 is 5.60 Å². The maximum absolute atomic E-state index is 11.7. The van der Waals surface area contributed by atoms with Gasteiger partial charge in [0.2, 0.25) is 0 Å². The first-order valence-corrected chi connectivity index (χ1v) is 10.6. The highest BCUT2D eigenvalue weighted by Crippen LogP contribution is 2.30. The molecule has 162 valence electrons. The maximum Gasteiger partial charge on any atom is 0.407 e. The smallest absolute Gasteiger partial charge is 0.407 e. The van der Waals surface area contributed by atoms with Crippen molar-refractivity contribution in [3.05, 3.63) is 29.3 Å². The second kappa shape index (κ2) is 11.1. The van der Waals surface area contributed by atoms with Gasteiger partial charge in [0.15, 0.2) is 0 Å². The number of rotatable bonds is 9. The van der Waals surface area contributed by atoms with Gasteiger partial charge in [-0.15, -0.1) is 0 Å². The molecule has 1 atom stereocenters. The number of ether oxygens (including phenoxy) is 3. The molecule has 6 heteroatoms. The Bertz CT molecular complexity index is 680. The lowest BCUT2D eigenvalue weighted by Gasteiger charge is -2.24. The molecule has 0 heterocycles. The highest BCUT2D eigenvalue weighted by atomic mass is 16.6. The summed E-state index contributed by atoms with van der Waals surface area (Å²) in [5, 5.41) is 2.75. The van der Waals surface area contributed by atoms with Gasteiger partial charge in [-0.2, -0.15) is 0 Å². The molecule has 29 heavy (non-hydrogen) atoms. The Morgan fingerprint density at radius 1 is 1.17 bits per heavy atom. The summed E-state index contributed by atoms with van der Waals surface area (Å²) in [6.45, 7) is 8.98. The van der Waals surface area contributed by atoms with Gasteiger partial charge in [-0.25, -0.2) is 4.79 Å². The van der Waals surface area contributed by atoms with Crippen LogP contribution in [0, 0.1) is 5.92 Å². The van der Waals surface area contributed by atoms with Gasteiger partial charge < -0.3 is 19.5 Å². The van der Waals surface area contributed by atoms with Gasteiger partial charge in [0.25, 0.3) is 0 Å². The second-order valence-corrected chi connectivity index (χ2v) is 8.53. The highest BCUT2D eigenvalue weighted by molar-refractivity contribution is 5.69. The van der Waals surface area contributed by atoms with E-state index in [1.54, 1.807) is 0 Å². The number of hydrogen-bond acceptors (Lipinski definition) is 5. The normalized spacial score (nSPS) is 15.9. The first-order chi connectivity index (χ1) is 13.8. The number of alkyl carbamates (subject to hydrolysis) is 1. The first-order valence-electron chi connectivity index (χ1n) is 10.6. The van der Waals surface area contributed by atoms with Crippen molar-refractivity contribution in [3.63, 3.8) is 0 Å². The predicted molar refractivity (Wildman–Crippen MR) is 112 cm³/mol. The number of benzene rings is 1. The number of amides is 1. The fraction of sp³-hybridized carbons (Fsp3) is 0.652. The monoisotopic (exact) mass is 405 g/mol. The Morgan fingerprint density at radius 2 is 1.97 bits per heavy atom. The third-order valence-electron chi connectivity index (χ3n) is 4.78. The van der Waals surface area contributed by atoms with Gasteiger partial charge in [-0.1, -0.05) is 6.07 Å². The molecule has 0 bridgehead atoms. The molecule has 0 saturated carbocycles. The van der Waals surface area contributed by atoms with Crippen LogP contribution in [0.5, 0.6) is 5.75 Å². The van der Waals surface area contributed by atoms with E-state index in [4.69, 9.17) is 14.2 Å². The van der Waals surface area contributed by atoms with Crippen LogP contribution in [0.15, 0.2) is 18.2 Å². The summed E-state index contributed by atoms with van der Waals surface area (Å²) in [6.07, 6.45) is 4.69. The molecule has 0 radical (unpaired) electrons. The van der Waals surface area contributed by atoms with Gasteiger partial charge in [0.05, 0.1) is 13.2 Å². The first kappa shape index (κ1) is 23.0. The molecule has 1 aliphatic rings. The molecule has 0 aliphatic heterocycles. The van der Waals surface area contributed by atoms with Crippen molar-refractivity contribution >= 4 is 12.1 Å². The summed E-state index contributed by atoms with van der Waals surface area (Å²) in [6, 6.07) is 6.25. The number of fused-ring (bicyclic) bond motifs is 1. The number of hydrogen-bond donors (Lipinski definition) is 1. The standard InChI is InChI=1S/C23H35NO5/c1-5-27-21(25)15-17-8-9-18-10-11-20(16-19(18)14-17)28-13-7-6-12-24-22(26)29-23(2,3)4/h10-11,16-17H,5-9,12-15H2,1-4H3,(H,24,26). The summed E-state index contributed by atoms with van der Waals surface area (Å²) >= 11 is 0. The molecule has 0 fully saturated rings. The van der Waals surface area contributed by atoms with Gasteiger partial charge in [-0.3, -0.25) is 4.79 Å². The summed E-state index contributed by atoms with van der Waals surface area (Å²) in [5.74, 6) is 1.10. The summed E-state index contributed by atoms with van der Waals surface area (Å²) in [5.41, 5.74) is 2.14. The molecule has 0 aromatic heterocycles. The third kappa shape index (κ3) is 8.75. The molecule has 1 N–H and O–H groups in total. The summed E-state index contributed by atoms with van der Waals surface area (Å²) in [4.78, 5) is 23.3. The van der Waals surface area contributed by atoms with Crippen LogP contribution >= 0.6 is 0 Å². The van der Waals surface area contributed by atoms with Crippen molar-refractivity contribution in [2.24, 2.45) is 5.92 Å². The van der Waals surface area contributed by atoms with E-state index >= 15 is 0 Å². The van der Waals surface area contributed by atoms with Gasteiger partial charge >= 0.3 is 12.1 Å². The molecule has 2 rings (SSSR count). The minimum atomic E-state index is -0.477. The molecular weight excluding hydrogens is 370 g/mol. The average Bonchev–Trinajstić information content (AvgIpc) is 2.63. The van der Waals surface area contributed by atoms with Crippen LogP contribution in [-0.4, -0.2) is 37.4 Å². The molecule has 1 aromatic rings. The van der Waals surface area contributed by atoms with Crippen molar-refractivity contribution in [1.82, 2.24) is 5.32 Å². The van der Waals surface area contributed by atoms with Crippen LogP contribution in [0.1, 0.15) is 64.5 Å². The number of carbonyl (C=O) groups excluding carboxylic acids is 2. The Hall–Kier alpha value is -2.24. The zero-order chi connectivity index (χ0) is 21.3. The summed E-state index contributed by atoms with van der Waals surface area (Å²) in [7, 11) is 0. The van der Waals surface area contributed by atoms with E-state index in [9.17, 15) is 9.59 Å². The number of unbranched alkanes of at least 4 members (excludes halogenated alkanes) is 1. The van der Waals surface area contributed by atoms with Crippen LogP contribution in [0.4, 0.5) is 4.79 Å². The Morgan fingerprint density at radius 3 is 2.69 bits per heavy atom. The zero-order valence-electron chi connectivity index (χ0n) is 18.2. The molecule has 6 nitrogen and oxygen atoms in total. The molecule has 0 saturated heterocycles. The van der Waals surface area contributed by atoms with Gasteiger partial charge in [-0.05, 0) is 89.0 Å². The summed E-state index contributed by atoms with van der Waals surface area (Å²) < 4.78 is 16.2. The minimum Gasteiger partial charge on any atom is -0.494 e. The fourth-order valence-electron chi connectivity index (χ4n) is 3.45. The lowest BCUT2D eigenvalue weighted by atomic mass is 9.82. The number of esters is 1. The SMILES string of the molecule is CCOC(=O)CC1CCc2ccc(OCCCCNC(=O)OC(C)(C)C)cc2C1. The zero-order valence-corrected chi connectivity index (χ0v) is 18.2. The minimum absolute atomic E-state index is 0.103. The molecule has 1 aromatic carbocycles. The number of nitrogens with one attached hydrogen (secondary N) is 1. The maximum atomic E-state index is 11.7. The van der Waals surface area contributed by atoms with E-state index in [0.29, 0.717) is 32.1 Å². The van der Waals surface area contributed by atoms with Crippen LogP contribution < -0.4 is 10.1 Å². The van der Waals surface area contributed by atoms with E-state index in [0.717, 1.165) is 37.9 Å². The quantitative estimate of drug-likeness (QED) is 0.486. The average molecular weight is 406 g/mol. The highest BCUT2D eigenvalue weighted by Gasteiger charge is 2.22. The fourth-order valence-corrected chi connectivity index (χ4v) is 3.45. The molecule has 1 aliphatic carbocycles. The topological polar surface area (TPSA) is 73.9 Å². The molecule has 1 unspecified atom stereocenters. The Kier molecular flexibility index (Phi) is 8.80. The van der Waals surface area contributed by atoms with E-state index in [-0.39, 0.29) is 12.1 Å². The predicted octanol–water partition coefficient (Wildman–Crippen LogP) is 4.43. The van der Waals surface area contributed by atoms with Crippen molar-refractivity contribution in [2.75, 3.05) is 19.8 Å². The number of aryl methyl sites for hydroxylation is 1. The largest absolute Gasteiger partial charge is 0.494 e. The molecule has 0 spiro atoms. The Labute approximate surface area is 174 Å². The van der Waals surface area contributed by atoms with Crippen molar-refractivity contribution < 1.29 is 23.8 Å².